The van der Waals surface area contributed by atoms with E-state index in [-0.39, 0.29) is 18.3 Å². The summed E-state index contributed by atoms with van der Waals surface area (Å²) in [4.78, 5) is 16.3. The van der Waals surface area contributed by atoms with Gasteiger partial charge in [0.1, 0.15) is 18.5 Å². The molecule has 0 amide bonds. The number of fused-ring (bicyclic) bond motifs is 1. The van der Waals surface area contributed by atoms with Gasteiger partial charge in [0.25, 0.3) is 5.69 Å². The zero-order valence-corrected chi connectivity index (χ0v) is 16.2. The van der Waals surface area contributed by atoms with E-state index in [1.54, 1.807) is 12.1 Å². The number of β-amino-alcohol motifs (C(OH)–C–C–N with tert-alkyl or cyclic N) is 1. The van der Waals surface area contributed by atoms with Gasteiger partial charge in [-0.2, -0.15) is 0 Å². The van der Waals surface area contributed by atoms with Gasteiger partial charge in [-0.3, -0.25) is 15.0 Å². The van der Waals surface area contributed by atoms with Crippen LogP contribution >= 0.6 is 0 Å². The van der Waals surface area contributed by atoms with E-state index in [0.717, 1.165) is 31.3 Å². The quantitative estimate of drug-likeness (QED) is 0.465. The van der Waals surface area contributed by atoms with Gasteiger partial charge in [0.15, 0.2) is 0 Å². The summed E-state index contributed by atoms with van der Waals surface area (Å²) in [6, 6.07) is 16.7. The molecule has 0 aliphatic carbocycles. The zero-order chi connectivity index (χ0) is 20.2. The summed E-state index contributed by atoms with van der Waals surface area (Å²) in [6.07, 6.45) is 2.64. The van der Waals surface area contributed by atoms with Crippen LogP contribution in [0.15, 0.2) is 54.6 Å². The van der Waals surface area contributed by atoms with E-state index in [2.05, 4.69) is 28.1 Å². The Balaban J connectivity index is 1.40. The van der Waals surface area contributed by atoms with Crippen LogP contribution in [0.25, 0.3) is 10.9 Å². The van der Waals surface area contributed by atoms with Crippen LogP contribution in [-0.2, 0) is 0 Å². The molecule has 7 nitrogen and oxygen atoms in total. The highest BCUT2D eigenvalue weighted by Gasteiger charge is 2.27. The lowest BCUT2D eigenvalue weighted by Gasteiger charge is -2.36. The van der Waals surface area contributed by atoms with Crippen LogP contribution < -0.4 is 4.74 Å². The van der Waals surface area contributed by atoms with Crippen LogP contribution in [0.5, 0.6) is 5.75 Å². The lowest BCUT2D eigenvalue weighted by molar-refractivity contribution is -0.384. The van der Waals surface area contributed by atoms with Gasteiger partial charge < -0.3 is 14.8 Å². The van der Waals surface area contributed by atoms with Crippen molar-refractivity contribution in [1.82, 2.24) is 9.88 Å². The number of aromatic nitrogens is 1. The third kappa shape index (κ3) is 4.58. The molecule has 2 unspecified atom stereocenters. The fraction of sp³-hybridized carbons (Fsp3) is 0.364. The van der Waals surface area contributed by atoms with Gasteiger partial charge in [0.05, 0.1) is 11.0 Å². The number of hydrogen-bond donors (Lipinski definition) is 2. The molecule has 7 heteroatoms. The molecule has 3 aromatic rings. The van der Waals surface area contributed by atoms with E-state index in [1.165, 1.54) is 23.2 Å². The van der Waals surface area contributed by atoms with Gasteiger partial charge in [-0.25, -0.2) is 0 Å². The fourth-order valence-corrected chi connectivity index (χ4v) is 4.04. The fourth-order valence-electron chi connectivity index (χ4n) is 4.04. The highest BCUT2D eigenvalue weighted by Crippen LogP contribution is 2.32. The third-order valence-electron chi connectivity index (χ3n) is 5.44. The maximum Gasteiger partial charge on any atom is 0.273 e. The number of non-ortho nitro benzene ring substituents is 1. The van der Waals surface area contributed by atoms with Crippen molar-refractivity contribution >= 4 is 16.6 Å². The number of H-pyrrole nitrogens is 1. The lowest BCUT2D eigenvalue weighted by atomic mass is 9.99. The monoisotopic (exact) mass is 395 g/mol. The van der Waals surface area contributed by atoms with Crippen molar-refractivity contribution in [1.29, 1.82) is 0 Å². The third-order valence-corrected chi connectivity index (χ3v) is 5.44. The Labute approximate surface area is 169 Å². The molecule has 1 aliphatic rings. The summed E-state index contributed by atoms with van der Waals surface area (Å²) in [5, 5.41) is 22.6. The number of aliphatic hydroxyl groups excluding tert-OH is 1. The average molecular weight is 395 g/mol. The number of likely N-dealkylation sites (tertiary alicyclic amines) is 1. The molecule has 2 atom stereocenters. The van der Waals surface area contributed by atoms with Crippen molar-refractivity contribution in [3.63, 3.8) is 0 Å². The molecule has 0 radical (unpaired) electrons. The number of aliphatic hydroxyl groups is 1. The van der Waals surface area contributed by atoms with Gasteiger partial charge in [-0.1, -0.05) is 30.7 Å². The van der Waals surface area contributed by atoms with E-state index in [9.17, 15) is 15.2 Å². The Kier molecular flexibility index (Phi) is 5.78. The first-order valence-electron chi connectivity index (χ1n) is 9.97. The molecule has 1 saturated heterocycles. The van der Waals surface area contributed by atoms with Gasteiger partial charge in [-0.05, 0) is 43.0 Å². The molecule has 1 fully saturated rings. The average Bonchev–Trinajstić information content (AvgIpc) is 3.17. The van der Waals surface area contributed by atoms with E-state index < -0.39 is 11.0 Å². The molecule has 0 saturated carbocycles. The first-order valence-corrected chi connectivity index (χ1v) is 9.97. The standard InChI is InChI=1S/C22H25N3O4/c26-18(15-29-19-8-5-7-17(13-19)25(27)28)14-24-11-4-3-10-22(24)21-12-16-6-1-2-9-20(16)23-21/h1-2,5-9,12-13,18,22-23,26H,3-4,10-11,14-15H2. The Morgan fingerprint density at radius 2 is 2.07 bits per heavy atom. The second kappa shape index (κ2) is 8.63. The van der Waals surface area contributed by atoms with Crippen molar-refractivity contribution in [2.75, 3.05) is 19.7 Å². The molecular weight excluding hydrogens is 370 g/mol. The molecule has 1 aliphatic heterocycles. The first kappa shape index (κ1) is 19.4. The summed E-state index contributed by atoms with van der Waals surface area (Å²) in [5.41, 5.74) is 2.28. The highest BCUT2D eigenvalue weighted by atomic mass is 16.6. The van der Waals surface area contributed by atoms with Crippen molar-refractivity contribution in [3.8, 4) is 5.75 Å². The second-order valence-corrected chi connectivity index (χ2v) is 7.54. The number of hydrogen-bond acceptors (Lipinski definition) is 5. The molecule has 0 bridgehead atoms. The van der Waals surface area contributed by atoms with Gasteiger partial charge in [0.2, 0.25) is 0 Å². The number of nitro benzene ring substituents is 1. The summed E-state index contributed by atoms with van der Waals surface area (Å²) in [5.74, 6) is 0.393. The van der Waals surface area contributed by atoms with E-state index >= 15 is 0 Å². The number of nitro groups is 1. The minimum atomic E-state index is -0.681. The van der Waals surface area contributed by atoms with E-state index in [1.807, 2.05) is 12.1 Å². The summed E-state index contributed by atoms with van der Waals surface area (Å²) in [7, 11) is 0. The maximum atomic E-state index is 10.9. The summed E-state index contributed by atoms with van der Waals surface area (Å²) < 4.78 is 5.60. The topological polar surface area (TPSA) is 91.6 Å². The summed E-state index contributed by atoms with van der Waals surface area (Å²) >= 11 is 0. The predicted molar refractivity (Wildman–Crippen MR) is 111 cm³/mol. The number of nitrogens with one attached hydrogen (secondary N) is 1. The van der Waals surface area contributed by atoms with Crippen LogP contribution in [-0.4, -0.2) is 45.7 Å². The maximum absolute atomic E-state index is 10.9. The zero-order valence-electron chi connectivity index (χ0n) is 16.2. The van der Waals surface area contributed by atoms with E-state index in [4.69, 9.17) is 4.74 Å². The van der Waals surface area contributed by atoms with Gasteiger partial charge >= 0.3 is 0 Å². The number of nitrogens with zero attached hydrogens (tertiary/aromatic N) is 2. The minimum Gasteiger partial charge on any atom is -0.491 e. The van der Waals surface area contributed by atoms with Crippen molar-refractivity contribution in [2.45, 2.75) is 31.4 Å². The highest BCUT2D eigenvalue weighted by molar-refractivity contribution is 5.80. The molecule has 152 valence electrons. The molecule has 0 spiro atoms. The van der Waals surface area contributed by atoms with Crippen molar-refractivity contribution in [2.24, 2.45) is 0 Å². The van der Waals surface area contributed by atoms with Crippen LogP contribution in [0.3, 0.4) is 0 Å². The number of aromatic amines is 1. The summed E-state index contributed by atoms with van der Waals surface area (Å²) in [6.45, 7) is 1.51. The largest absolute Gasteiger partial charge is 0.491 e. The SMILES string of the molecule is O=[N+]([O-])c1cccc(OCC(O)CN2CCCCC2c2cc3ccccc3[nH]2)c1. The molecule has 2 aromatic carbocycles. The molecular formula is C22H25N3O4. The van der Waals surface area contributed by atoms with Crippen LogP contribution in [0.4, 0.5) is 5.69 Å². The van der Waals surface area contributed by atoms with Crippen LogP contribution in [0, 0.1) is 10.1 Å². The van der Waals surface area contributed by atoms with Crippen molar-refractivity contribution in [3.05, 3.63) is 70.4 Å². The predicted octanol–water partition coefficient (Wildman–Crippen LogP) is 4.04. The molecule has 4 rings (SSSR count). The molecule has 1 aromatic heterocycles. The normalized spacial score (nSPS) is 18.6. The number of benzene rings is 2. The Hall–Kier alpha value is -2.90. The van der Waals surface area contributed by atoms with E-state index in [0.29, 0.717) is 12.3 Å². The lowest BCUT2D eigenvalue weighted by Crippen LogP contribution is -2.40. The Morgan fingerprint density at radius 3 is 2.90 bits per heavy atom. The second-order valence-electron chi connectivity index (χ2n) is 7.54. The van der Waals surface area contributed by atoms with Crippen LogP contribution in [0.2, 0.25) is 0 Å². The van der Waals surface area contributed by atoms with Crippen molar-refractivity contribution < 1.29 is 14.8 Å². The Bertz CT molecular complexity index is 954. The molecule has 2 N–H and O–H groups in total. The Morgan fingerprint density at radius 1 is 1.21 bits per heavy atom. The molecule has 2 heterocycles. The first-order chi connectivity index (χ1) is 14.1. The number of rotatable bonds is 7. The smallest absolute Gasteiger partial charge is 0.273 e. The number of ether oxygens (including phenoxy) is 1. The van der Waals surface area contributed by atoms with Crippen LogP contribution in [0.1, 0.15) is 31.0 Å². The minimum absolute atomic E-state index is 0.0214. The number of para-hydroxylation sites is 1. The van der Waals surface area contributed by atoms with Gasteiger partial charge in [0, 0.05) is 29.9 Å². The number of piperidine rings is 1. The molecule has 29 heavy (non-hydrogen) atoms. The van der Waals surface area contributed by atoms with Gasteiger partial charge in [-0.15, -0.1) is 0 Å².